The molecule has 1 unspecified atom stereocenters. The number of rotatable bonds is 12. The summed E-state index contributed by atoms with van der Waals surface area (Å²) in [5.74, 6) is 0.910. The first-order chi connectivity index (χ1) is 12.2. The molecule has 0 aliphatic heterocycles. The number of benzene rings is 1. The molecule has 0 spiro atoms. The van der Waals surface area contributed by atoms with Crippen LogP contribution in [-0.4, -0.2) is 37.5 Å². The molecule has 26 heavy (non-hydrogen) atoms. The van der Waals surface area contributed by atoms with Gasteiger partial charge in [-0.25, -0.2) is 4.79 Å². The lowest BCUT2D eigenvalue weighted by Gasteiger charge is -2.35. The Hall–Kier alpha value is -1.72. The Morgan fingerprint density at radius 2 is 1.81 bits per heavy atom. The third kappa shape index (κ3) is 8.58. The molecule has 0 aliphatic carbocycles. The highest BCUT2D eigenvalue weighted by molar-refractivity contribution is 6.69. The summed E-state index contributed by atoms with van der Waals surface area (Å²) >= 11 is 0. The fourth-order valence-electron chi connectivity index (χ4n) is 2.58. The molecular formula is C20H30O5Si. The first-order valence-corrected chi connectivity index (χ1v) is 12.4. The van der Waals surface area contributed by atoms with Crippen LogP contribution in [0.3, 0.4) is 0 Å². The number of ether oxygens (including phenoxy) is 1. The number of para-hydroxylation sites is 1. The lowest BCUT2D eigenvalue weighted by Crippen LogP contribution is -2.45. The number of Topliss-reactive ketones (excluding diaryl/α,β-unsaturated/α-hetero) is 1. The highest BCUT2D eigenvalue weighted by atomic mass is 28.4. The maximum Gasteiger partial charge on any atom is 0.193 e. The first kappa shape index (κ1) is 22.3. The van der Waals surface area contributed by atoms with Crippen LogP contribution in [0.1, 0.15) is 39.0 Å². The summed E-state index contributed by atoms with van der Waals surface area (Å²) in [5.41, 5.74) is 0.0651. The van der Waals surface area contributed by atoms with Crippen molar-refractivity contribution in [2.45, 2.75) is 64.5 Å². The second-order valence-electron chi connectivity index (χ2n) is 7.44. The van der Waals surface area contributed by atoms with Crippen LogP contribution >= 0.6 is 0 Å². The van der Waals surface area contributed by atoms with E-state index in [1.807, 2.05) is 43.8 Å². The molecular weight excluding hydrogens is 348 g/mol. The van der Waals surface area contributed by atoms with Crippen molar-refractivity contribution in [3.05, 3.63) is 35.9 Å². The van der Waals surface area contributed by atoms with Gasteiger partial charge < -0.3 is 19.1 Å². The van der Waals surface area contributed by atoms with Crippen LogP contribution in [0.25, 0.3) is 0 Å². The molecule has 0 amide bonds. The van der Waals surface area contributed by atoms with E-state index in [1.165, 1.54) is 0 Å². The van der Waals surface area contributed by atoms with Crippen LogP contribution < -0.4 is 4.74 Å². The van der Waals surface area contributed by atoms with Crippen LogP contribution in [0.5, 0.6) is 5.75 Å². The predicted molar refractivity (Wildman–Crippen MR) is 104 cm³/mol. The van der Waals surface area contributed by atoms with Crippen molar-refractivity contribution in [2.24, 2.45) is 0 Å². The molecule has 144 valence electrons. The molecule has 0 saturated carbocycles. The van der Waals surface area contributed by atoms with Gasteiger partial charge in [-0.05, 0) is 51.5 Å². The summed E-state index contributed by atoms with van der Waals surface area (Å²) in [6.07, 6.45) is 2.99. The molecule has 0 aliphatic rings. The van der Waals surface area contributed by atoms with Crippen LogP contribution in [-0.2, 0) is 14.0 Å². The van der Waals surface area contributed by atoms with Gasteiger partial charge in [-0.3, -0.25) is 0 Å². The smallest absolute Gasteiger partial charge is 0.193 e. The van der Waals surface area contributed by atoms with Crippen molar-refractivity contribution in [1.29, 1.82) is 0 Å². The number of hydrogen-bond acceptors (Lipinski definition) is 5. The molecule has 1 aromatic carbocycles. The summed E-state index contributed by atoms with van der Waals surface area (Å²) in [7, 11) is -2.13. The highest BCUT2D eigenvalue weighted by Gasteiger charge is 2.38. The van der Waals surface area contributed by atoms with Gasteiger partial charge in [0.25, 0.3) is 0 Å². The number of carbonyl (C=O) groups is 1. The number of hydrogen-bond donors (Lipinski definition) is 1. The quantitative estimate of drug-likeness (QED) is 0.258. The molecule has 0 radical (unpaired) electrons. The van der Waals surface area contributed by atoms with Gasteiger partial charge >= 0.3 is 0 Å². The third-order valence-corrected chi connectivity index (χ3v) is 4.69. The monoisotopic (exact) mass is 378 g/mol. The van der Waals surface area contributed by atoms with Crippen molar-refractivity contribution in [1.82, 2.24) is 0 Å². The minimum atomic E-state index is -2.13. The zero-order chi connectivity index (χ0) is 19.6. The number of unbranched alkanes of at least 4 members (excludes halogenated alkanes) is 2. The average Bonchev–Trinajstić information content (AvgIpc) is 2.54. The summed E-state index contributed by atoms with van der Waals surface area (Å²) < 4.78 is 11.6. The Morgan fingerprint density at radius 3 is 2.35 bits per heavy atom. The zero-order valence-electron chi connectivity index (χ0n) is 16.2. The van der Waals surface area contributed by atoms with Gasteiger partial charge in [-0.2, -0.15) is 0 Å². The van der Waals surface area contributed by atoms with Crippen molar-refractivity contribution < 1.29 is 23.9 Å². The second-order valence-corrected chi connectivity index (χ2v) is 11.9. The Morgan fingerprint density at radius 1 is 1.15 bits per heavy atom. The van der Waals surface area contributed by atoms with Crippen LogP contribution in [0.2, 0.25) is 19.6 Å². The largest absolute Gasteiger partial charge is 0.488 e. The van der Waals surface area contributed by atoms with Crippen molar-refractivity contribution >= 4 is 20.0 Å². The SMILES string of the molecule is CC(=O)CCCCCC(O)(O[Si](C)(C)C)C(=C=O)COc1ccccc1. The number of carbonyl (C=O) groups excluding carboxylic acids is 2. The lowest BCUT2D eigenvalue weighted by atomic mass is 10.00. The fraction of sp³-hybridized carbons (Fsp3) is 0.550. The Kier molecular flexibility index (Phi) is 8.95. The topological polar surface area (TPSA) is 72.8 Å². The maximum atomic E-state index is 11.5. The van der Waals surface area contributed by atoms with E-state index >= 15 is 0 Å². The van der Waals surface area contributed by atoms with Crippen LogP contribution in [0.15, 0.2) is 35.9 Å². The van der Waals surface area contributed by atoms with Crippen LogP contribution in [0.4, 0.5) is 0 Å². The van der Waals surface area contributed by atoms with E-state index in [4.69, 9.17) is 9.16 Å². The fourth-order valence-corrected chi connectivity index (χ4v) is 3.82. The number of aliphatic hydroxyl groups is 1. The molecule has 1 atom stereocenters. The molecule has 1 aromatic rings. The second kappa shape index (κ2) is 10.4. The standard InChI is InChI=1S/C20H30O5Si/c1-17(22)11-7-6-10-14-20(23,25-26(2,3)4)18(15-21)16-24-19-12-8-5-9-13-19/h5,8-9,12-13,23H,6-7,10-11,14,16H2,1-4H3. The Balaban J connectivity index is 2.77. The molecule has 1 rings (SSSR count). The van der Waals surface area contributed by atoms with Crippen molar-refractivity contribution in [3.8, 4) is 5.75 Å². The summed E-state index contributed by atoms with van der Waals surface area (Å²) in [6, 6.07) is 9.10. The first-order valence-electron chi connectivity index (χ1n) is 9.00. The molecule has 0 saturated heterocycles. The van der Waals surface area contributed by atoms with Gasteiger partial charge in [-0.15, -0.1) is 0 Å². The third-order valence-electron chi connectivity index (χ3n) is 3.74. The minimum Gasteiger partial charge on any atom is -0.488 e. The molecule has 0 fully saturated rings. The van der Waals surface area contributed by atoms with Gasteiger partial charge in [0.05, 0.1) is 0 Å². The Labute approximate surface area is 157 Å². The highest BCUT2D eigenvalue weighted by Crippen LogP contribution is 2.29. The van der Waals surface area contributed by atoms with Crippen LogP contribution in [0, 0.1) is 0 Å². The molecule has 0 aromatic heterocycles. The minimum absolute atomic E-state index is 0.0651. The van der Waals surface area contributed by atoms with Gasteiger partial charge in [0.15, 0.2) is 14.1 Å². The molecule has 5 nitrogen and oxygen atoms in total. The van der Waals surface area contributed by atoms with Gasteiger partial charge in [0.1, 0.15) is 29.7 Å². The van der Waals surface area contributed by atoms with Gasteiger partial charge in [-0.1, -0.05) is 24.6 Å². The van der Waals surface area contributed by atoms with Crippen molar-refractivity contribution in [3.63, 3.8) is 0 Å². The predicted octanol–water partition coefficient (Wildman–Crippen LogP) is 3.90. The number of ketones is 1. The van der Waals surface area contributed by atoms with E-state index in [-0.39, 0.29) is 24.4 Å². The Bertz CT molecular complexity index is 617. The van der Waals surface area contributed by atoms with Gasteiger partial charge in [0.2, 0.25) is 0 Å². The van der Waals surface area contributed by atoms with Gasteiger partial charge in [0, 0.05) is 12.8 Å². The average molecular weight is 379 g/mol. The zero-order valence-corrected chi connectivity index (χ0v) is 17.2. The lowest BCUT2D eigenvalue weighted by molar-refractivity contribution is -0.121. The summed E-state index contributed by atoms with van der Waals surface area (Å²) in [5, 5.41) is 11.1. The van der Waals surface area contributed by atoms with Crippen molar-refractivity contribution in [2.75, 3.05) is 6.61 Å². The molecule has 6 heteroatoms. The molecule has 0 bridgehead atoms. The summed E-state index contributed by atoms with van der Waals surface area (Å²) in [4.78, 5) is 22.6. The van der Waals surface area contributed by atoms with E-state index in [9.17, 15) is 14.7 Å². The normalized spacial score (nSPS) is 13.6. The van der Waals surface area contributed by atoms with E-state index in [0.29, 0.717) is 18.6 Å². The van der Waals surface area contributed by atoms with E-state index in [0.717, 1.165) is 12.8 Å². The molecule has 1 N–H and O–H groups in total. The van der Waals surface area contributed by atoms with E-state index < -0.39 is 14.1 Å². The van der Waals surface area contributed by atoms with E-state index in [2.05, 4.69) is 0 Å². The van der Waals surface area contributed by atoms with E-state index in [1.54, 1.807) is 19.1 Å². The summed E-state index contributed by atoms with van der Waals surface area (Å²) in [6.45, 7) is 7.34. The maximum absolute atomic E-state index is 11.5. The molecule has 0 heterocycles.